The van der Waals surface area contributed by atoms with Gasteiger partial charge in [0.05, 0.1) is 19.8 Å². The van der Waals surface area contributed by atoms with E-state index in [0.717, 1.165) is 50.0 Å². The summed E-state index contributed by atoms with van der Waals surface area (Å²) in [5.74, 6) is 2.26. The molecule has 6 heteroatoms. The second-order valence-electron chi connectivity index (χ2n) is 6.31. The molecule has 0 bridgehead atoms. The molecule has 0 radical (unpaired) electrons. The Morgan fingerprint density at radius 3 is 2.92 bits per heavy atom. The number of ether oxygens (including phenoxy) is 2. The second kappa shape index (κ2) is 10.9. The summed E-state index contributed by atoms with van der Waals surface area (Å²) in [4.78, 5) is 4.46. The summed E-state index contributed by atoms with van der Waals surface area (Å²) in [6.45, 7) is 5.57. The molecule has 0 amide bonds. The van der Waals surface area contributed by atoms with Gasteiger partial charge in [-0.2, -0.15) is 0 Å². The average Bonchev–Trinajstić information content (AvgIpc) is 3.46. The van der Waals surface area contributed by atoms with Crippen molar-refractivity contribution in [3.8, 4) is 5.75 Å². The van der Waals surface area contributed by atoms with Crippen LogP contribution in [0.3, 0.4) is 0 Å². The third-order valence-corrected chi connectivity index (χ3v) is 4.05. The summed E-state index contributed by atoms with van der Waals surface area (Å²) in [6.07, 6.45) is 2.93. The predicted molar refractivity (Wildman–Crippen MR) is 100 cm³/mol. The quantitative estimate of drug-likeness (QED) is 0.324. The molecule has 1 atom stereocenters. The summed E-state index contributed by atoms with van der Waals surface area (Å²) in [6, 6.07) is 7.43. The van der Waals surface area contributed by atoms with Crippen LogP contribution in [-0.4, -0.2) is 51.0 Å². The van der Waals surface area contributed by atoms with Crippen LogP contribution in [0.25, 0.3) is 0 Å². The summed E-state index contributed by atoms with van der Waals surface area (Å²) < 4.78 is 10.8. The number of guanidine groups is 1. The molecule has 1 saturated carbocycles. The number of benzene rings is 1. The molecule has 1 aliphatic rings. The zero-order valence-corrected chi connectivity index (χ0v) is 15.3. The normalized spacial score (nSPS) is 15.7. The first kappa shape index (κ1) is 19.5. The van der Waals surface area contributed by atoms with Gasteiger partial charge in [0.2, 0.25) is 0 Å². The van der Waals surface area contributed by atoms with E-state index in [2.05, 4.69) is 15.6 Å². The highest BCUT2D eigenvalue weighted by atomic mass is 16.5. The van der Waals surface area contributed by atoms with Gasteiger partial charge < -0.3 is 25.2 Å². The minimum atomic E-state index is -0.660. The van der Waals surface area contributed by atoms with Crippen molar-refractivity contribution >= 4 is 5.96 Å². The van der Waals surface area contributed by atoms with Crippen LogP contribution in [0, 0.1) is 5.92 Å². The number of hydrogen-bond donors (Lipinski definition) is 3. The molecular formula is C19H31N3O3. The van der Waals surface area contributed by atoms with E-state index in [1.165, 1.54) is 12.8 Å². The number of nitrogens with one attached hydrogen (secondary N) is 2. The number of aliphatic hydroxyl groups excluding tert-OH is 1. The maximum Gasteiger partial charge on any atom is 0.191 e. The van der Waals surface area contributed by atoms with Gasteiger partial charge in [0, 0.05) is 26.3 Å². The number of nitrogens with zero attached hydrogens (tertiary/aromatic N) is 1. The zero-order chi connectivity index (χ0) is 17.9. The van der Waals surface area contributed by atoms with E-state index in [0.29, 0.717) is 12.5 Å². The van der Waals surface area contributed by atoms with E-state index in [-0.39, 0.29) is 0 Å². The van der Waals surface area contributed by atoms with Crippen molar-refractivity contribution in [2.24, 2.45) is 10.9 Å². The first-order valence-corrected chi connectivity index (χ1v) is 9.15. The Balaban J connectivity index is 1.72. The first-order valence-electron chi connectivity index (χ1n) is 9.15. The molecule has 1 aromatic carbocycles. The topological polar surface area (TPSA) is 75.1 Å². The van der Waals surface area contributed by atoms with Crippen molar-refractivity contribution in [2.75, 3.05) is 40.0 Å². The third kappa shape index (κ3) is 7.75. The molecule has 25 heavy (non-hydrogen) atoms. The lowest BCUT2D eigenvalue weighted by Gasteiger charge is -2.14. The molecule has 1 aromatic rings. The Kier molecular flexibility index (Phi) is 8.55. The van der Waals surface area contributed by atoms with Crippen LogP contribution in [0.4, 0.5) is 0 Å². The van der Waals surface area contributed by atoms with Gasteiger partial charge in [0.15, 0.2) is 5.96 Å². The molecule has 0 heterocycles. The Morgan fingerprint density at radius 1 is 1.36 bits per heavy atom. The van der Waals surface area contributed by atoms with Crippen LogP contribution in [-0.2, 0) is 4.74 Å². The number of hydrogen-bond acceptors (Lipinski definition) is 4. The van der Waals surface area contributed by atoms with E-state index < -0.39 is 6.10 Å². The summed E-state index contributed by atoms with van der Waals surface area (Å²) >= 11 is 0. The molecule has 6 nitrogen and oxygen atoms in total. The van der Waals surface area contributed by atoms with Crippen LogP contribution in [0.5, 0.6) is 5.75 Å². The summed E-state index contributed by atoms with van der Waals surface area (Å²) in [7, 11) is 1.62. The Morgan fingerprint density at radius 2 is 2.20 bits per heavy atom. The van der Waals surface area contributed by atoms with Gasteiger partial charge in [-0.05, 0) is 49.8 Å². The maximum atomic E-state index is 10.3. The predicted octanol–water partition coefficient (Wildman–Crippen LogP) is 2.10. The summed E-state index contributed by atoms with van der Waals surface area (Å²) in [5, 5.41) is 16.8. The molecule has 1 unspecified atom stereocenters. The molecule has 140 valence electrons. The van der Waals surface area contributed by atoms with Crippen molar-refractivity contribution in [1.82, 2.24) is 10.6 Å². The number of aliphatic hydroxyl groups is 1. The van der Waals surface area contributed by atoms with E-state index in [1.54, 1.807) is 7.11 Å². The molecule has 1 fully saturated rings. The molecule has 0 aliphatic heterocycles. The van der Waals surface area contributed by atoms with Crippen LogP contribution in [0.2, 0.25) is 0 Å². The van der Waals surface area contributed by atoms with Gasteiger partial charge in [-0.15, -0.1) is 0 Å². The SMILES string of the molecule is CCNC(=NCC(O)c1cccc(OC)c1)NCCCOCC1CC1. The van der Waals surface area contributed by atoms with Crippen LogP contribution >= 0.6 is 0 Å². The highest BCUT2D eigenvalue weighted by Crippen LogP contribution is 2.28. The molecular weight excluding hydrogens is 318 g/mol. The van der Waals surface area contributed by atoms with Gasteiger partial charge >= 0.3 is 0 Å². The first-order chi connectivity index (χ1) is 12.2. The van der Waals surface area contributed by atoms with Crippen molar-refractivity contribution in [2.45, 2.75) is 32.3 Å². The smallest absolute Gasteiger partial charge is 0.191 e. The Bertz CT molecular complexity index is 532. The molecule has 0 aromatic heterocycles. The van der Waals surface area contributed by atoms with E-state index >= 15 is 0 Å². The van der Waals surface area contributed by atoms with Gasteiger partial charge in [-0.1, -0.05) is 12.1 Å². The van der Waals surface area contributed by atoms with Crippen molar-refractivity contribution in [3.05, 3.63) is 29.8 Å². The van der Waals surface area contributed by atoms with Crippen molar-refractivity contribution < 1.29 is 14.6 Å². The Labute approximate surface area is 150 Å². The Hall–Kier alpha value is -1.79. The van der Waals surface area contributed by atoms with Gasteiger partial charge in [-0.3, -0.25) is 4.99 Å². The lowest BCUT2D eigenvalue weighted by Crippen LogP contribution is -2.38. The molecule has 2 rings (SSSR count). The summed E-state index contributed by atoms with van der Waals surface area (Å²) in [5.41, 5.74) is 0.799. The zero-order valence-electron chi connectivity index (χ0n) is 15.3. The fourth-order valence-electron chi connectivity index (χ4n) is 2.39. The highest BCUT2D eigenvalue weighted by Gasteiger charge is 2.20. The standard InChI is InChI=1S/C19H31N3O3/c1-3-20-19(21-10-5-11-25-14-15-8-9-15)22-13-18(23)16-6-4-7-17(12-16)24-2/h4,6-7,12,15,18,23H,3,5,8-11,13-14H2,1-2H3,(H2,20,21,22). The van der Waals surface area contributed by atoms with Gasteiger partial charge in [-0.25, -0.2) is 0 Å². The minimum Gasteiger partial charge on any atom is -0.497 e. The maximum absolute atomic E-state index is 10.3. The van der Waals surface area contributed by atoms with E-state index in [9.17, 15) is 5.11 Å². The van der Waals surface area contributed by atoms with Gasteiger partial charge in [0.25, 0.3) is 0 Å². The largest absolute Gasteiger partial charge is 0.497 e. The van der Waals surface area contributed by atoms with Crippen LogP contribution in [0.15, 0.2) is 29.3 Å². The highest BCUT2D eigenvalue weighted by molar-refractivity contribution is 5.79. The molecule has 0 spiro atoms. The van der Waals surface area contributed by atoms with Crippen LogP contribution in [0.1, 0.15) is 37.9 Å². The molecule has 1 aliphatic carbocycles. The van der Waals surface area contributed by atoms with Crippen LogP contribution < -0.4 is 15.4 Å². The third-order valence-electron chi connectivity index (χ3n) is 4.05. The van der Waals surface area contributed by atoms with E-state index in [1.807, 2.05) is 31.2 Å². The molecule has 0 saturated heterocycles. The monoisotopic (exact) mass is 349 g/mol. The lowest BCUT2D eigenvalue weighted by molar-refractivity contribution is 0.123. The average molecular weight is 349 g/mol. The fraction of sp³-hybridized carbons (Fsp3) is 0.632. The second-order valence-corrected chi connectivity index (χ2v) is 6.31. The number of rotatable bonds is 11. The number of aliphatic imine (C=N–C) groups is 1. The van der Waals surface area contributed by atoms with Gasteiger partial charge in [0.1, 0.15) is 5.75 Å². The molecule has 3 N–H and O–H groups in total. The van der Waals surface area contributed by atoms with Crippen molar-refractivity contribution in [3.63, 3.8) is 0 Å². The number of methoxy groups -OCH3 is 1. The van der Waals surface area contributed by atoms with E-state index in [4.69, 9.17) is 9.47 Å². The lowest BCUT2D eigenvalue weighted by atomic mass is 10.1. The van der Waals surface area contributed by atoms with Crippen molar-refractivity contribution in [1.29, 1.82) is 0 Å². The minimum absolute atomic E-state index is 0.292. The fourth-order valence-corrected chi connectivity index (χ4v) is 2.39.